The average Bonchev–Trinajstić information content (AvgIpc) is 2.75. The summed E-state index contributed by atoms with van der Waals surface area (Å²) in [5.41, 5.74) is 4.37. The van der Waals surface area contributed by atoms with Gasteiger partial charge >= 0.3 is 0 Å². The molecule has 4 nitrogen and oxygen atoms in total. The monoisotopic (exact) mass is 294 g/mol. The van der Waals surface area contributed by atoms with Crippen LogP contribution in [0.25, 0.3) is 0 Å². The molecule has 1 amide bonds. The number of nitrogens with one attached hydrogen (secondary N) is 1. The van der Waals surface area contributed by atoms with Gasteiger partial charge in [0.15, 0.2) is 6.67 Å². The van der Waals surface area contributed by atoms with E-state index >= 15 is 0 Å². The van der Waals surface area contributed by atoms with Crippen LogP contribution in [-0.2, 0) is 4.79 Å². The van der Waals surface area contributed by atoms with Crippen LogP contribution < -0.4 is 9.80 Å². The van der Waals surface area contributed by atoms with Crippen molar-refractivity contribution in [1.29, 1.82) is 0 Å². The number of anilines is 1. The van der Waals surface area contributed by atoms with Crippen molar-refractivity contribution in [2.24, 2.45) is 4.99 Å². The highest BCUT2D eigenvalue weighted by atomic mass is 16.2. The average molecular weight is 294 g/mol. The van der Waals surface area contributed by atoms with Gasteiger partial charge in [0.05, 0.1) is 25.5 Å². The lowest BCUT2D eigenvalue weighted by atomic mass is 10.1. The minimum Gasteiger partial charge on any atom is -0.322 e. The summed E-state index contributed by atoms with van der Waals surface area (Å²) in [4.78, 5) is 20.3. The molecule has 1 heterocycles. The topological polar surface area (TPSA) is 37.1 Å². The van der Waals surface area contributed by atoms with Crippen molar-refractivity contribution in [3.8, 4) is 0 Å². The molecule has 1 N–H and O–H groups in total. The predicted octanol–water partition coefficient (Wildman–Crippen LogP) is 1.56. The second-order valence-corrected chi connectivity index (χ2v) is 5.91. The third kappa shape index (κ3) is 2.65. The van der Waals surface area contributed by atoms with E-state index in [0.717, 1.165) is 16.9 Å². The maximum Gasteiger partial charge on any atom is 0.281 e. The van der Waals surface area contributed by atoms with Crippen molar-refractivity contribution in [3.05, 3.63) is 59.7 Å². The van der Waals surface area contributed by atoms with Crippen LogP contribution >= 0.6 is 0 Å². The van der Waals surface area contributed by atoms with Gasteiger partial charge in [0.2, 0.25) is 0 Å². The zero-order valence-electron chi connectivity index (χ0n) is 13.1. The van der Waals surface area contributed by atoms with Crippen molar-refractivity contribution in [2.45, 2.75) is 6.92 Å². The van der Waals surface area contributed by atoms with Crippen molar-refractivity contribution in [1.82, 2.24) is 0 Å². The fourth-order valence-corrected chi connectivity index (χ4v) is 2.59. The van der Waals surface area contributed by atoms with Gasteiger partial charge in [-0.05, 0) is 25.1 Å². The van der Waals surface area contributed by atoms with Gasteiger partial charge in [0.25, 0.3) is 5.91 Å². The van der Waals surface area contributed by atoms with Gasteiger partial charge in [0, 0.05) is 5.56 Å². The number of benzene rings is 2. The van der Waals surface area contributed by atoms with Gasteiger partial charge in [-0.3, -0.25) is 9.69 Å². The number of amides is 1. The van der Waals surface area contributed by atoms with Gasteiger partial charge in [-0.15, -0.1) is 0 Å². The molecule has 0 fully saturated rings. The molecule has 0 radical (unpaired) electrons. The zero-order chi connectivity index (χ0) is 15.7. The summed E-state index contributed by atoms with van der Waals surface area (Å²) >= 11 is 0. The summed E-state index contributed by atoms with van der Waals surface area (Å²) in [5.74, 6) is -0.0250. The van der Waals surface area contributed by atoms with Crippen molar-refractivity contribution < 1.29 is 9.69 Å². The molecule has 112 valence electrons. The number of carbonyl (C=O) groups is 1. The zero-order valence-corrected chi connectivity index (χ0v) is 13.1. The minimum absolute atomic E-state index is 0.0250. The van der Waals surface area contributed by atoms with Crippen LogP contribution in [0.1, 0.15) is 11.1 Å². The first kappa shape index (κ1) is 14.5. The number of rotatable bonds is 3. The molecule has 1 aliphatic rings. The SMILES string of the molecule is Cc1ccc(N=C2C(=O)N(C[NH+](C)C)c3ccccc32)cc1. The normalized spacial score (nSPS) is 15.7. The van der Waals surface area contributed by atoms with Crippen LogP contribution in [0.3, 0.4) is 0 Å². The Morgan fingerprint density at radius 1 is 1.05 bits per heavy atom. The Morgan fingerprint density at radius 3 is 2.41 bits per heavy atom. The van der Waals surface area contributed by atoms with Crippen LogP contribution in [0.5, 0.6) is 0 Å². The van der Waals surface area contributed by atoms with E-state index in [0.29, 0.717) is 12.4 Å². The summed E-state index contributed by atoms with van der Waals surface area (Å²) in [6, 6.07) is 15.7. The first-order valence-corrected chi connectivity index (χ1v) is 7.42. The van der Waals surface area contributed by atoms with Crippen LogP contribution in [0.2, 0.25) is 0 Å². The second kappa shape index (κ2) is 5.73. The number of carbonyl (C=O) groups excluding carboxylic acids is 1. The standard InChI is InChI=1S/C18H19N3O/c1-13-8-10-14(11-9-13)19-17-15-6-4-5-7-16(15)21(18(17)22)12-20(2)3/h4-11H,12H2,1-3H3/p+1. The Labute approximate surface area is 130 Å². The number of fused-ring (bicyclic) bond motifs is 1. The van der Waals surface area contributed by atoms with Crippen molar-refractivity contribution in [2.75, 3.05) is 25.7 Å². The van der Waals surface area contributed by atoms with Crippen molar-refractivity contribution in [3.63, 3.8) is 0 Å². The quantitative estimate of drug-likeness (QED) is 0.916. The lowest BCUT2D eigenvalue weighted by Gasteiger charge is -2.18. The Balaban J connectivity index is 2.05. The van der Waals surface area contributed by atoms with Gasteiger partial charge < -0.3 is 4.90 Å². The number of aliphatic imine (C=N–C) groups is 1. The second-order valence-electron chi connectivity index (χ2n) is 5.91. The lowest BCUT2D eigenvalue weighted by molar-refractivity contribution is -0.856. The smallest absolute Gasteiger partial charge is 0.281 e. The molecule has 0 spiro atoms. The van der Waals surface area contributed by atoms with E-state index in [1.807, 2.05) is 69.6 Å². The molecule has 0 aliphatic carbocycles. The molecular weight excluding hydrogens is 274 g/mol. The third-order valence-electron chi connectivity index (χ3n) is 3.65. The molecule has 0 saturated heterocycles. The molecule has 4 heteroatoms. The highest BCUT2D eigenvalue weighted by Crippen LogP contribution is 2.29. The predicted molar refractivity (Wildman–Crippen MR) is 89.0 cm³/mol. The lowest BCUT2D eigenvalue weighted by Crippen LogP contribution is -3.07. The van der Waals surface area contributed by atoms with Gasteiger partial charge in [-0.1, -0.05) is 35.9 Å². The van der Waals surface area contributed by atoms with Gasteiger partial charge in [-0.2, -0.15) is 0 Å². The summed E-state index contributed by atoms with van der Waals surface area (Å²) in [6.45, 7) is 2.66. The van der Waals surface area contributed by atoms with Crippen LogP contribution in [0.4, 0.5) is 11.4 Å². The molecule has 3 rings (SSSR count). The Bertz CT molecular complexity index is 732. The molecule has 0 bridgehead atoms. The molecule has 2 aromatic carbocycles. The Hall–Kier alpha value is -2.46. The molecule has 1 aliphatic heterocycles. The number of hydrogen-bond acceptors (Lipinski definition) is 2. The van der Waals surface area contributed by atoms with Gasteiger partial charge in [0.1, 0.15) is 5.71 Å². The molecule has 2 aromatic rings. The van der Waals surface area contributed by atoms with E-state index in [9.17, 15) is 4.79 Å². The van der Waals surface area contributed by atoms with E-state index in [1.54, 1.807) is 4.90 Å². The van der Waals surface area contributed by atoms with Crippen molar-refractivity contribution >= 4 is 23.0 Å². The fourth-order valence-electron chi connectivity index (χ4n) is 2.59. The highest BCUT2D eigenvalue weighted by molar-refractivity contribution is 6.54. The molecule has 22 heavy (non-hydrogen) atoms. The third-order valence-corrected chi connectivity index (χ3v) is 3.65. The Kier molecular flexibility index (Phi) is 3.77. The number of aryl methyl sites for hydroxylation is 1. The van der Waals surface area contributed by atoms with Crippen LogP contribution in [0, 0.1) is 6.92 Å². The first-order valence-electron chi connectivity index (χ1n) is 7.42. The number of nitrogens with zero attached hydrogens (tertiary/aromatic N) is 2. The van der Waals surface area contributed by atoms with E-state index < -0.39 is 0 Å². The summed E-state index contributed by atoms with van der Waals surface area (Å²) in [7, 11) is 4.07. The van der Waals surface area contributed by atoms with Crippen LogP contribution in [-0.4, -0.2) is 32.4 Å². The largest absolute Gasteiger partial charge is 0.322 e. The van der Waals surface area contributed by atoms with Crippen LogP contribution in [0.15, 0.2) is 53.5 Å². The minimum atomic E-state index is -0.0250. The number of para-hydroxylation sites is 1. The summed E-state index contributed by atoms with van der Waals surface area (Å²) in [6.07, 6.45) is 0. The first-order chi connectivity index (χ1) is 10.6. The Morgan fingerprint density at radius 2 is 1.73 bits per heavy atom. The van der Waals surface area contributed by atoms with E-state index in [1.165, 1.54) is 10.5 Å². The fraction of sp³-hybridized carbons (Fsp3) is 0.222. The molecule has 0 saturated carbocycles. The number of hydrogen-bond donors (Lipinski definition) is 1. The molecular formula is C18H20N3O+. The maximum absolute atomic E-state index is 12.8. The summed E-state index contributed by atoms with van der Waals surface area (Å²) < 4.78 is 0. The van der Waals surface area contributed by atoms with E-state index in [2.05, 4.69) is 4.99 Å². The van der Waals surface area contributed by atoms with E-state index in [4.69, 9.17) is 0 Å². The number of quaternary nitrogens is 1. The molecule has 0 aromatic heterocycles. The molecule has 0 unspecified atom stereocenters. The maximum atomic E-state index is 12.8. The van der Waals surface area contributed by atoms with E-state index in [-0.39, 0.29) is 5.91 Å². The molecule has 0 atom stereocenters. The van der Waals surface area contributed by atoms with Gasteiger partial charge in [-0.25, -0.2) is 4.99 Å². The summed E-state index contributed by atoms with van der Waals surface area (Å²) in [5, 5.41) is 0. The highest BCUT2D eigenvalue weighted by Gasteiger charge is 2.34.